The van der Waals surface area contributed by atoms with Crippen LogP contribution in [0.2, 0.25) is 0 Å². The molecule has 1 unspecified atom stereocenters. The summed E-state index contributed by atoms with van der Waals surface area (Å²) in [5.74, 6) is 0.0663. The minimum Gasteiger partial charge on any atom is -0.367 e. The maximum atomic E-state index is 12.3. The van der Waals surface area contributed by atoms with Crippen LogP contribution in [0, 0.1) is 5.92 Å². The van der Waals surface area contributed by atoms with Gasteiger partial charge in [0, 0.05) is 30.0 Å². The Hall–Kier alpha value is -2.01. The molecule has 5 heteroatoms. The molecule has 0 spiro atoms. The van der Waals surface area contributed by atoms with Crippen molar-refractivity contribution in [1.29, 1.82) is 0 Å². The molecule has 2 aromatic rings. The van der Waals surface area contributed by atoms with Crippen molar-refractivity contribution in [3.05, 3.63) is 35.4 Å². The number of hydrogen-bond donors (Lipinski definition) is 2. The van der Waals surface area contributed by atoms with E-state index in [4.69, 9.17) is 0 Å². The molecule has 0 fully saturated rings. The normalized spacial score (nSPS) is 23.5. The second-order valence-corrected chi connectivity index (χ2v) is 6.74. The van der Waals surface area contributed by atoms with Gasteiger partial charge in [0.25, 0.3) is 0 Å². The summed E-state index contributed by atoms with van der Waals surface area (Å²) in [6, 6.07) is 6.82. The van der Waals surface area contributed by atoms with Crippen LogP contribution in [0.4, 0.5) is 0 Å². The van der Waals surface area contributed by atoms with E-state index >= 15 is 0 Å². The number of rotatable bonds is 2. The van der Waals surface area contributed by atoms with Crippen LogP contribution >= 0.6 is 0 Å². The van der Waals surface area contributed by atoms with E-state index in [0.29, 0.717) is 12.6 Å². The van der Waals surface area contributed by atoms with E-state index in [2.05, 4.69) is 54.4 Å². The first-order chi connectivity index (χ1) is 11.1. The molecule has 118 valence electrons. The van der Waals surface area contributed by atoms with Crippen molar-refractivity contribution in [3.63, 3.8) is 0 Å². The zero-order chi connectivity index (χ0) is 16.1. The number of carbonyl (C=O) groups excluding carboxylic acids is 1. The molecule has 2 atom stereocenters. The summed E-state index contributed by atoms with van der Waals surface area (Å²) in [4.78, 5) is 18.2. The fraction of sp³-hybridized carbons (Fsp3) is 0.389. The highest BCUT2D eigenvalue weighted by atomic mass is 16.1. The zero-order valence-corrected chi connectivity index (χ0v) is 13.9. The number of nitrogens with zero attached hydrogens (tertiary/aromatic N) is 1. The molecular formula is C18H22BN3O. The lowest BCUT2D eigenvalue weighted by molar-refractivity contribution is -0.124. The maximum absolute atomic E-state index is 12.3. The number of H-pyrrole nitrogens is 1. The Labute approximate surface area is 137 Å². The van der Waals surface area contributed by atoms with Crippen molar-refractivity contribution in [1.82, 2.24) is 15.2 Å². The van der Waals surface area contributed by atoms with Gasteiger partial charge in [0.15, 0.2) is 7.85 Å². The molecule has 2 N–H and O–H groups in total. The Morgan fingerprint density at radius 3 is 3.09 bits per heavy atom. The molecule has 1 aromatic heterocycles. The van der Waals surface area contributed by atoms with Gasteiger partial charge in [-0.25, -0.2) is 0 Å². The lowest BCUT2D eigenvalue weighted by Gasteiger charge is -2.39. The predicted molar refractivity (Wildman–Crippen MR) is 96.7 cm³/mol. The van der Waals surface area contributed by atoms with Crippen LogP contribution in [0.25, 0.3) is 16.5 Å². The molecule has 0 radical (unpaired) electrons. The minimum atomic E-state index is -0.0666. The molecule has 1 amide bonds. The average molecular weight is 307 g/mol. The summed E-state index contributed by atoms with van der Waals surface area (Å²) in [5, 5.41) is 4.31. The summed E-state index contributed by atoms with van der Waals surface area (Å²) in [5.41, 5.74) is 6.51. The van der Waals surface area contributed by atoms with Crippen LogP contribution in [0.15, 0.2) is 24.3 Å². The third-order valence-corrected chi connectivity index (χ3v) is 5.29. The fourth-order valence-corrected chi connectivity index (χ4v) is 4.19. The fourth-order valence-electron chi connectivity index (χ4n) is 4.19. The highest BCUT2D eigenvalue weighted by Gasteiger charge is 2.35. The maximum Gasteiger partial charge on any atom is 0.228 e. The van der Waals surface area contributed by atoms with E-state index in [0.717, 1.165) is 13.0 Å². The lowest BCUT2D eigenvalue weighted by atomic mass is 9.77. The standard InChI is InChI=1S/C18H22BN3O/c1-3-20-18(23)10-7-12-11-5-4-6-14-16(11)13(17(19)21-14)8-15(12)22(2)9-10/h4-7,10,15,21H,3,8-9,19H2,1-2H3,(H,20,23)/t10-,15?/m1/s1. The summed E-state index contributed by atoms with van der Waals surface area (Å²) in [6.45, 7) is 3.44. The Kier molecular flexibility index (Phi) is 3.34. The molecule has 4 rings (SSSR count). The van der Waals surface area contributed by atoms with Gasteiger partial charge in [-0.05, 0) is 48.8 Å². The minimum absolute atomic E-state index is 0.0666. The first-order valence-electron chi connectivity index (χ1n) is 8.40. The van der Waals surface area contributed by atoms with Crippen molar-refractivity contribution in [3.8, 4) is 0 Å². The quantitative estimate of drug-likeness (QED) is 0.791. The third-order valence-electron chi connectivity index (χ3n) is 5.29. The number of likely N-dealkylation sites (N-methyl/N-ethyl adjacent to an activating group) is 1. The number of fused-ring (bicyclic) bond motifs is 2. The van der Waals surface area contributed by atoms with Crippen LogP contribution in [0.3, 0.4) is 0 Å². The number of carbonyl (C=O) groups is 1. The van der Waals surface area contributed by atoms with Gasteiger partial charge in [-0.1, -0.05) is 18.2 Å². The van der Waals surface area contributed by atoms with E-state index in [9.17, 15) is 4.79 Å². The van der Waals surface area contributed by atoms with Crippen LogP contribution in [-0.2, 0) is 11.2 Å². The molecule has 23 heavy (non-hydrogen) atoms. The van der Waals surface area contributed by atoms with E-state index in [1.54, 1.807) is 0 Å². The van der Waals surface area contributed by atoms with E-state index < -0.39 is 0 Å². The molecule has 0 bridgehead atoms. The average Bonchev–Trinajstić information content (AvgIpc) is 2.86. The molecule has 0 saturated carbocycles. The summed E-state index contributed by atoms with van der Waals surface area (Å²) in [6.07, 6.45) is 3.23. The molecule has 2 heterocycles. The number of amides is 1. The Morgan fingerprint density at radius 1 is 1.48 bits per heavy atom. The van der Waals surface area contributed by atoms with Gasteiger partial charge in [-0.2, -0.15) is 0 Å². The van der Waals surface area contributed by atoms with Gasteiger partial charge in [-0.3, -0.25) is 9.69 Å². The lowest BCUT2D eigenvalue weighted by Crippen LogP contribution is -2.47. The van der Waals surface area contributed by atoms with Crippen molar-refractivity contribution in [2.75, 3.05) is 20.1 Å². The summed E-state index contributed by atoms with van der Waals surface area (Å²) in [7, 11) is 4.30. The van der Waals surface area contributed by atoms with Crippen LogP contribution in [-0.4, -0.2) is 49.8 Å². The second kappa shape index (κ2) is 5.27. The second-order valence-electron chi connectivity index (χ2n) is 6.74. The third kappa shape index (κ3) is 2.14. The first kappa shape index (κ1) is 14.6. The Balaban J connectivity index is 1.87. The SMILES string of the molecule is Bc1[nH]c2cccc3c2c1CC1C3=C[C@@H](C(=O)NCC)CN1C. The first-order valence-corrected chi connectivity index (χ1v) is 8.40. The Morgan fingerprint density at radius 2 is 2.30 bits per heavy atom. The number of benzene rings is 1. The van der Waals surface area contributed by atoms with E-state index in [1.165, 1.54) is 33.2 Å². The van der Waals surface area contributed by atoms with Gasteiger partial charge in [0.05, 0.1) is 5.92 Å². The number of nitrogens with one attached hydrogen (secondary N) is 2. The number of aromatic amines is 1. The number of aromatic nitrogens is 1. The Bertz CT molecular complexity index is 823. The smallest absolute Gasteiger partial charge is 0.228 e. The van der Waals surface area contributed by atoms with E-state index in [-0.39, 0.29) is 11.8 Å². The topological polar surface area (TPSA) is 48.1 Å². The summed E-state index contributed by atoms with van der Waals surface area (Å²) < 4.78 is 0. The monoisotopic (exact) mass is 307 g/mol. The van der Waals surface area contributed by atoms with Gasteiger partial charge in [0.2, 0.25) is 5.91 Å². The van der Waals surface area contributed by atoms with Crippen molar-refractivity contribution in [2.45, 2.75) is 19.4 Å². The van der Waals surface area contributed by atoms with Crippen LogP contribution < -0.4 is 10.9 Å². The van der Waals surface area contributed by atoms with Gasteiger partial charge in [0.1, 0.15) is 0 Å². The summed E-state index contributed by atoms with van der Waals surface area (Å²) >= 11 is 0. The number of hydrogen-bond acceptors (Lipinski definition) is 2. The predicted octanol–water partition coefficient (Wildman–Crippen LogP) is 0.432. The van der Waals surface area contributed by atoms with Crippen molar-refractivity contribution < 1.29 is 4.79 Å². The van der Waals surface area contributed by atoms with Crippen LogP contribution in [0.1, 0.15) is 18.1 Å². The molecule has 4 nitrogen and oxygen atoms in total. The molecule has 1 aromatic carbocycles. The van der Waals surface area contributed by atoms with E-state index in [1.807, 2.05) is 6.92 Å². The highest BCUT2D eigenvalue weighted by Crippen LogP contribution is 2.40. The molecular weight excluding hydrogens is 285 g/mol. The van der Waals surface area contributed by atoms with Crippen molar-refractivity contribution in [2.24, 2.45) is 5.92 Å². The van der Waals surface area contributed by atoms with Crippen molar-refractivity contribution >= 4 is 35.8 Å². The van der Waals surface area contributed by atoms with Gasteiger partial charge in [-0.15, -0.1) is 0 Å². The zero-order valence-electron chi connectivity index (χ0n) is 13.9. The molecule has 2 aliphatic rings. The molecule has 0 saturated heterocycles. The van der Waals surface area contributed by atoms with Crippen LogP contribution in [0.5, 0.6) is 0 Å². The molecule has 1 aliphatic carbocycles. The van der Waals surface area contributed by atoms with Gasteiger partial charge >= 0.3 is 0 Å². The molecule has 1 aliphatic heterocycles. The largest absolute Gasteiger partial charge is 0.367 e. The highest BCUT2D eigenvalue weighted by molar-refractivity contribution is 6.34. The van der Waals surface area contributed by atoms with Gasteiger partial charge < -0.3 is 10.3 Å².